The molecule has 106 valence electrons. The molecule has 0 spiro atoms. The van der Waals surface area contributed by atoms with Gasteiger partial charge in [-0.05, 0) is 18.2 Å². The predicted molar refractivity (Wildman–Crippen MR) is 83.5 cm³/mol. The normalized spacial score (nSPS) is 12.3. The Labute approximate surface area is 136 Å². The van der Waals surface area contributed by atoms with Crippen LogP contribution in [0.1, 0.15) is 17.2 Å². The molecule has 1 atom stereocenters. The highest BCUT2D eigenvalue weighted by atomic mass is 35.5. The fourth-order valence-electron chi connectivity index (χ4n) is 1.80. The standard InChI is InChI=1S/C14H10Cl4O2/c1-20-13-6-11(17)9(5-12(13)18)14(19)8-3-2-7(15)4-10(8)16/h2-6,14,19H,1H3. The third-order valence-corrected chi connectivity index (χ3v) is 4.01. The van der Waals surface area contributed by atoms with Crippen molar-refractivity contribution in [1.82, 2.24) is 0 Å². The second kappa shape index (κ2) is 6.42. The highest BCUT2D eigenvalue weighted by Crippen LogP contribution is 2.38. The van der Waals surface area contributed by atoms with Gasteiger partial charge < -0.3 is 9.84 Å². The van der Waals surface area contributed by atoms with Crippen molar-refractivity contribution in [3.8, 4) is 5.75 Å². The van der Waals surface area contributed by atoms with E-state index < -0.39 is 6.10 Å². The Kier molecular flexibility index (Phi) is 5.05. The van der Waals surface area contributed by atoms with Crippen molar-refractivity contribution >= 4 is 46.4 Å². The Morgan fingerprint density at radius 3 is 2.15 bits per heavy atom. The molecule has 0 heterocycles. The molecule has 0 aliphatic rings. The van der Waals surface area contributed by atoms with E-state index >= 15 is 0 Å². The summed E-state index contributed by atoms with van der Waals surface area (Å²) in [6.45, 7) is 0. The molecule has 0 bridgehead atoms. The number of ether oxygens (including phenoxy) is 1. The fourth-order valence-corrected chi connectivity index (χ4v) is 2.82. The highest BCUT2D eigenvalue weighted by molar-refractivity contribution is 6.36. The van der Waals surface area contributed by atoms with E-state index in [9.17, 15) is 5.11 Å². The minimum Gasteiger partial charge on any atom is -0.495 e. The third kappa shape index (κ3) is 3.16. The van der Waals surface area contributed by atoms with Gasteiger partial charge in [0.1, 0.15) is 11.9 Å². The van der Waals surface area contributed by atoms with Crippen molar-refractivity contribution in [3.63, 3.8) is 0 Å². The van der Waals surface area contributed by atoms with Crippen LogP contribution in [0, 0.1) is 0 Å². The van der Waals surface area contributed by atoms with Crippen LogP contribution in [0.25, 0.3) is 0 Å². The Balaban J connectivity index is 2.48. The zero-order valence-electron chi connectivity index (χ0n) is 10.3. The van der Waals surface area contributed by atoms with Crippen molar-refractivity contribution in [3.05, 3.63) is 61.5 Å². The molecule has 1 unspecified atom stereocenters. The smallest absolute Gasteiger partial charge is 0.138 e. The average molecular weight is 352 g/mol. The van der Waals surface area contributed by atoms with Gasteiger partial charge in [-0.1, -0.05) is 52.5 Å². The van der Waals surface area contributed by atoms with Crippen LogP contribution in [0.5, 0.6) is 5.75 Å². The van der Waals surface area contributed by atoms with Gasteiger partial charge in [-0.15, -0.1) is 0 Å². The second-order valence-corrected chi connectivity index (χ2v) is 5.73. The molecular weight excluding hydrogens is 342 g/mol. The molecular formula is C14H10Cl4O2. The molecule has 0 aliphatic carbocycles. The fraction of sp³-hybridized carbons (Fsp3) is 0.143. The van der Waals surface area contributed by atoms with Crippen molar-refractivity contribution in [2.24, 2.45) is 0 Å². The van der Waals surface area contributed by atoms with Gasteiger partial charge in [0.2, 0.25) is 0 Å². The first-order valence-corrected chi connectivity index (χ1v) is 7.11. The number of hydrogen-bond donors (Lipinski definition) is 1. The number of benzene rings is 2. The van der Waals surface area contributed by atoms with Crippen LogP contribution in [0.15, 0.2) is 30.3 Å². The van der Waals surface area contributed by atoms with E-state index in [-0.39, 0.29) is 0 Å². The first-order chi connectivity index (χ1) is 9.43. The molecule has 2 aromatic carbocycles. The van der Waals surface area contributed by atoms with Crippen LogP contribution < -0.4 is 4.74 Å². The monoisotopic (exact) mass is 350 g/mol. The van der Waals surface area contributed by atoms with Gasteiger partial charge in [-0.2, -0.15) is 0 Å². The van der Waals surface area contributed by atoms with Gasteiger partial charge in [-0.25, -0.2) is 0 Å². The Morgan fingerprint density at radius 2 is 1.55 bits per heavy atom. The molecule has 0 amide bonds. The minimum absolute atomic E-state index is 0.338. The summed E-state index contributed by atoms with van der Waals surface area (Å²) in [5.41, 5.74) is 0.945. The highest BCUT2D eigenvalue weighted by Gasteiger charge is 2.19. The molecule has 2 aromatic rings. The first kappa shape index (κ1) is 15.7. The summed E-state index contributed by atoms with van der Waals surface area (Å²) in [5.74, 6) is 0.440. The lowest BCUT2D eigenvalue weighted by molar-refractivity contribution is 0.220. The number of methoxy groups -OCH3 is 1. The number of rotatable bonds is 3. The van der Waals surface area contributed by atoms with E-state index in [1.165, 1.54) is 7.11 Å². The van der Waals surface area contributed by atoms with E-state index in [0.717, 1.165) is 0 Å². The summed E-state index contributed by atoms with van der Waals surface area (Å²) >= 11 is 24.1. The summed E-state index contributed by atoms with van der Waals surface area (Å²) in [6.07, 6.45) is -1.00. The zero-order chi connectivity index (χ0) is 14.9. The quantitative estimate of drug-likeness (QED) is 0.803. The van der Waals surface area contributed by atoms with E-state index in [2.05, 4.69) is 0 Å². The molecule has 0 saturated carbocycles. The molecule has 6 heteroatoms. The van der Waals surface area contributed by atoms with Gasteiger partial charge in [-0.3, -0.25) is 0 Å². The molecule has 0 radical (unpaired) electrons. The summed E-state index contributed by atoms with van der Waals surface area (Å²) in [7, 11) is 1.49. The third-order valence-electron chi connectivity index (χ3n) is 2.82. The SMILES string of the molecule is COc1cc(Cl)c(C(O)c2ccc(Cl)cc2Cl)cc1Cl. The molecule has 0 aliphatic heterocycles. The van der Waals surface area contributed by atoms with Crippen LogP contribution >= 0.6 is 46.4 Å². The average Bonchev–Trinajstić information content (AvgIpc) is 2.40. The number of hydrogen-bond acceptors (Lipinski definition) is 2. The Bertz CT molecular complexity index is 643. The lowest BCUT2D eigenvalue weighted by atomic mass is 10.0. The molecule has 2 rings (SSSR count). The number of halogens is 4. The van der Waals surface area contributed by atoms with E-state index in [1.807, 2.05) is 0 Å². The summed E-state index contributed by atoms with van der Waals surface area (Å²) < 4.78 is 5.06. The van der Waals surface area contributed by atoms with Crippen LogP contribution in [0.4, 0.5) is 0 Å². The van der Waals surface area contributed by atoms with Crippen molar-refractivity contribution in [2.45, 2.75) is 6.10 Å². The van der Waals surface area contributed by atoms with Crippen molar-refractivity contribution in [1.29, 1.82) is 0 Å². The molecule has 0 fully saturated rings. The molecule has 0 saturated heterocycles. The van der Waals surface area contributed by atoms with Crippen molar-refractivity contribution in [2.75, 3.05) is 7.11 Å². The maximum atomic E-state index is 10.4. The summed E-state index contributed by atoms with van der Waals surface area (Å²) in [5, 5.41) is 12.0. The zero-order valence-corrected chi connectivity index (χ0v) is 13.4. The maximum absolute atomic E-state index is 10.4. The van der Waals surface area contributed by atoms with Crippen LogP contribution in [0.3, 0.4) is 0 Å². The van der Waals surface area contributed by atoms with E-state index in [4.69, 9.17) is 51.1 Å². The largest absolute Gasteiger partial charge is 0.495 e. The van der Waals surface area contributed by atoms with Gasteiger partial charge in [0, 0.05) is 27.2 Å². The van der Waals surface area contributed by atoms with E-state index in [1.54, 1.807) is 30.3 Å². The summed E-state index contributed by atoms with van der Waals surface area (Å²) in [6, 6.07) is 7.94. The van der Waals surface area contributed by atoms with Crippen molar-refractivity contribution < 1.29 is 9.84 Å². The second-order valence-electron chi connectivity index (χ2n) is 4.08. The van der Waals surface area contributed by atoms with Crippen LogP contribution in [-0.2, 0) is 0 Å². The van der Waals surface area contributed by atoms with Gasteiger partial charge >= 0.3 is 0 Å². The lowest BCUT2D eigenvalue weighted by Gasteiger charge is -2.16. The van der Waals surface area contributed by atoms with Gasteiger partial charge in [0.15, 0.2) is 0 Å². The van der Waals surface area contributed by atoms with E-state index in [0.29, 0.717) is 37.0 Å². The molecule has 1 N–H and O–H groups in total. The predicted octanol–water partition coefficient (Wildman–Crippen LogP) is 5.39. The Hall–Kier alpha value is -0.640. The minimum atomic E-state index is -1.00. The number of aliphatic hydroxyl groups is 1. The summed E-state index contributed by atoms with van der Waals surface area (Å²) in [4.78, 5) is 0. The van der Waals surface area contributed by atoms with Gasteiger partial charge in [0.25, 0.3) is 0 Å². The number of aliphatic hydroxyl groups excluding tert-OH is 1. The lowest BCUT2D eigenvalue weighted by Crippen LogP contribution is -2.02. The van der Waals surface area contributed by atoms with Crippen LogP contribution in [-0.4, -0.2) is 12.2 Å². The van der Waals surface area contributed by atoms with Gasteiger partial charge in [0.05, 0.1) is 17.2 Å². The molecule has 0 aromatic heterocycles. The Morgan fingerprint density at radius 1 is 0.900 bits per heavy atom. The molecule has 2 nitrogen and oxygen atoms in total. The topological polar surface area (TPSA) is 29.5 Å². The van der Waals surface area contributed by atoms with Crippen LogP contribution in [0.2, 0.25) is 20.1 Å². The molecule has 20 heavy (non-hydrogen) atoms. The maximum Gasteiger partial charge on any atom is 0.138 e. The first-order valence-electron chi connectivity index (χ1n) is 5.60.